The van der Waals surface area contributed by atoms with Crippen molar-refractivity contribution in [3.63, 3.8) is 0 Å². The number of urea groups is 1. The molecule has 0 spiro atoms. The number of nitrogens with zero attached hydrogens (tertiary/aromatic N) is 1. The first-order chi connectivity index (χ1) is 9.77. The van der Waals surface area contributed by atoms with Crippen LogP contribution >= 0.6 is 11.3 Å². The van der Waals surface area contributed by atoms with E-state index in [0.29, 0.717) is 16.1 Å². The molecule has 1 unspecified atom stereocenters. The second-order valence-electron chi connectivity index (χ2n) is 6.26. The van der Waals surface area contributed by atoms with Crippen LogP contribution in [-0.2, 0) is 6.54 Å². The van der Waals surface area contributed by atoms with Crippen molar-refractivity contribution in [3.05, 3.63) is 15.6 Å². The lowest BCUT2D eigenvalue weighted by Crippen LogP contribution is -2.40. The number of hydrogen-bond donors (Lipinski definition) is 3. The van der Waals surface area contributed by atoms with Gasteiger partial charge in [-0.1, -0.05) is 13.8 Å². The number of amides is 2. The maximum atomic E-state index is 11.8. The molecule has 1 saturated carbocycles. The van der Waals surface area contributed by atoms with Gasteiger partial charge in [-0.2, -0.15) is 0 Å². The van der Waals surface area contributed by atoms with Crippen molar-refractivity contribution in [2.75, 3.05) is 0 Å². The van der Waals surface area contributed by atoms with Gasteiger partial charge in [0.1, 0.15) is 9.88 Å². The lowest BCUT2D eigenvalue weighted by atomic mass is 9.92. The summed E-state index contributed by atoms with van der Waals surface area (Å²) < 4.78 is 0. The minimum absolute atomic E-state index is 0.215. The molecule has 2 rings (SSSR count). The van der Waals surface area contributed by atoms with Gasteiger partial charge in [0.15, 0.2) is 0 Å². The zero-order valence-corrected chi connectivity index (χ0v) is 13.3. The van der Waals surface area contributed by atoms with Crippen LogP contribution in [0.2, 0.25) is 0 Å². The molecule has 1 heterocycles. The molecule has 0 radical (unpaired) electrons. The van der Waals surface area contributed by atoms with E-state index < -0.39 is 5.97 Å². The van der Waals surface area contributed by atoms with E-state index in [-0.39, 0.29) is 23.5 Å². The number of hydrogen-bond acceptors (Lipinski definition) is 4. The molecule has 1 aliphatic carbocycles. The molecule has 116 valence electrons. The Morgan fingerprint density at radius 2 is 2.19 bits per heavy atom. The first-order valence-electron chi connectivity index (χ1n) is 7.01. The second kappa shape index (κ2) is 6.01. The Kier molecular flexibility index (Phi) is 4.51. The molecule has 21 heavy (non-hydrogen) atoms. The third-order valence-corrected chi connectivity index (χ3v) is 4.88. The molecule has 3 N–H and O–H groups in total. The molecule has 0 aromatic carbocycles. The van der Waals surface area contributed by atoms with E-state index >= 15 is 0 Å². The molecule has 7 heteroatoms. The zero-order valence-electron chi connectivity index (χ0n) is 12.5. The number of carbonyl (C=O) groups is 2. The average Bonchev–Trinajstić information content (AvgIpc) is 2.90. The Morgan fingerprint density at radius 3 is 2.71 bits per heavy atom. The van der Waals surface area contributed by atoms with Crippen molar-refractivity contribution >= 4 is 23.3 Å². The molecule has 6 nitrogen and oxygen atoms in total. The topological polar surface area (TPSA) is 91.3 Å². The highest BCUT2D eigenvalue weighted by atomic mass is 32.1. The van der Waals surface area contributed by atoms with Gasteiger partial charge in [-0.05, 0) is 31.6 Å². The Labute approximate surface area is 128 Å². The number of aryl methyl sites for hydroxylation is 1. The summed E-state index contributed by atoms with van der Waals surface area (Å²) in [7, 11) is 0. The monoisotopic (exact) mass is 311 g/mol. The van der Waals surface area contributed by atoms with Crippen LogP contribution in [-0.4, -0.2) is 28.1 Å². The molecular formula is C14H21N3O3S. The Hall–Kier alpha value is -1.63. The molecule has 0 bridgehead atoms. The van der Waals surface area contributed by atoms with E-state index in [1.54, 1.807) is 6.92 Å². The molecule has 1 aliphatic rings. The van der Waals surface area contributed by atoms with Gasteiger partial charge in [0.2, 0.25) is 0 Å². The fourth-order valence-electron chi connectivity index (χ4n) is 2.68. The van der Waals surface area contributed by atoms with Crippen molar-refractivity contribution in [2.45, 2.75) is 52.6 Å². The number of aromatic nitrogens is 1. The number of nitrogens with one attached hydrogen (secondary N) is 2. The smallest absolute Gasteiger partial charge is 0.347 e. The molecule has 1 fully saturated rings. The summed E-state index contributed by atoms with van der Waals surface area (Å²) in [6, 6.07) is -0.00459. The van der Waals surface area contributed by atoms with Gasteiger partial charge in [0.25, 0.3) is 0 Å². The first-order valence-corrected chi connectivity index (χ1v) is 7.82. The van der Waals surface area contributed by atoms with Gasteiger partial charge in [-0.15, -0.1) is 11.3 Å². The maximum absolute atomic E-state index is 11.8. The van der Waals surface area contributed by atoms with Gasteiger partial charge >= 0.3 is 12.0 Å². The van der Waals surface area contributed by atoms with E-state index in [2.05, 4.69) is 29.5 Å². The normalized spacial score (nSPS) is 20.2. The molecule has 0 aliphatic heterocycles. The third kappa shape index (κ3) is 4.17. The van der Waals surface area contributed by atoms with E-state index in [0.717, 1.165) is 30.6 Å². The number of carboxylic acids is 1. The van der Waals surface area contributed by atoms with Crippen LogP contribution in [0.4, 0.5) is 4.79 Å². The Bertz CT molecular complexity index is 554. The van der Waals surface area contributed by atoms with E-state index in [1.807, 2.05) is 0 Å². The van der Waals surface area contributed by atoms with Crippen molar-refractivity contribution in [1.29, 1.82) is 0 Å². The van der Waals surface area contributed by atoms with Crippen LogP contribution in [0.1, 0.15) is 53.5 Å². The Morgan fingerprint density at radius 1 is 1.48 bits per heavy atom. The zero-order chi connectivity index (χ0) is 15.6. The van der Waals surface area contributed by atoms with E-state index in [1.165, 1.54) is 0 Å². The predicted molar refractivity (Wildman–Crippen MR) is 80.6 cm³/mol. The van der Waals surface area contributed by atoms with Crippen LogP contribution in [0.15, 0.2) is 0 Å². The van der Waals surface area contributed by atoms with Crippen LogP contribution in [0.5, 0.6) is 0 Å². The summed E-state index contributed by atoms with van der Waals surface area (Å²) in [4.78, 5) is 27.2. The quantitative estimate of drug-likeness (QED) is 0.797. The van der Waals surface area contributed by atoms with Gasteiger partial charge in [0, 0.05) is 6.04 Å². The van der Waals surface area contributed by atoms with E-state index in [4.69, 9.17) is 5.11 Å². The molecule has 0 saturated heterocycles. The largest absolute Gasteiger partial charge is 0.477 e. The number of carboxylic acid groups (broad SMARTS) is 1. The van der Waals surface area contributed by atoms with Crippen LogP contribution < -0.4 is 10.6 Å². The van der Waals surface area contributed by atoms with Gasteiger partial charge in [-0.3, -0.25) is 0 Å². The summed E-state index contributed by atoms with van der Waals surface area (Å²) in [6.07, 6.45) is 3.10. The minimum Gasteiger partial charge on any atom is -0.477 e. The third-order valence-electron chi connectivity index (χ3n) is 3.74. The second-order valence-corrected chi connectivity index (χ2v) is 7.34. The van der Waals surface area contributed by atoms with Crippen molar-refractivity contribution in [3.8, 4) is 0 Å². The molecule has 1 aromatic rings. The van der Waals surface area contributed by atoms with Crippen LogP contribution in [0, 0.1) is 12.3 Å². The van der Waals surface area contributed by atoms with Gasteiger partial charge in [0.05, 0.1) is 12.2 Å². The number of aromatic carboxylic acids is 1. The van der Waals surface area contributed by atoms with Gasteiger partial charge in [-0.25, -0.2) is 14.6 Å². The van der Waals surface area contributed by atoms with Crippen molar-refractivity contribution in [1.82, 2.24) is 15.6 Å². The summed E-state index contributed by atoms with van der Waals surface area (Å²) in [5, 5.41) is 15.3. The maximum Gasteiger partial charge on any atom is 0.347 e. The van der Waals surface area contributed by atoms with Crippen LogP contribution in [0.3, 0.4) is 0 Å². The Balaban J connectivity index is 1.82. The fourth-order valence-corrected chi connectivity index (χ4v) is 3.52. The van der Waals surface area contributed by atoms with E-state index in [9.17, 15) is 9.59 Å². The highest BCUT2D eigenvalue weighted by molar-refractivity contribution is 7.13. The lowest BCUT2D eigenvalue weighted by molar-refractivity contribution is 0.0701. The number of carbonyl (C=O) groups excluding carboxylic acids is 1. The number of rotatable bonds is 4. The summed E-state index contributed by atoms with van der Waals surface area (Å²) >= 11 is 1.10. The predicted octanol–water partition coefficient (Wildman–Crippen LogP) is 2.53. The molecule has 1 aromatic heterocycles. The molecular weight excluding hydrogens is 290 g/mol. The van der Waals surface area contributed by atoms with Gasteiger partial charge < -0.3 is 15.7 Å². The average molecular weight is 311 g/mol. The number of thiazole rings is 1. The highest BCUT2D eigenvalue weighted by Gasteiger charge is 2.31. The standard InChI is InChI=1S/C14H21N3O3S/c1-8-11(12(18)19)21-10(16-8)7-15-13(20)17-9-4-5-14(2,3)6-9/h9H,4-7H2,1-3H3,(H,18,19)(H2,15,17,20). The highest BCUT2D eigenvalue weighted by Crippen LogP contribution is 2.36. The fraction of sp³-hybridized carbons (Fsp3) is 0.643. The minimum atomic E-state index is -0.978. The van der Waals surface area contributed by atoms with Crippen molar-refractivity contribution < 1.29 is 14.7 Å². The SMILES string of the molecule is Cc1nc(CNC(=O)NC2CCC(C)(C)C2)sc1C(=O)O. The summed E-state index contributed by atoms with van der Waals surface area (Å²) in [6.45, 7) is 6.32. The molecule has 2 amide bonds. The first kappa shape index (κ1) is 15.8. The molecule has 1 atom stereocenters. The van der Waals surface area contributed by atoms with Crippen LogP contribution in [0.25, 0.3) is 0 Å². The summed E-state index contributed by atoms with van der Waals surface area (Å²) in [5.74, 6) is -0.978. The summed E-state index contributed by atoms with van der Waals surface area (Å²) in [5.41, 5.74) is 0.781. The van der Waals surface area contributed by atoms with Crippen molar-refractivity contribution in [2.24, 2.45) is 5.41 Å². The lowest BCUT2D eigenvalue weighted by Gasteiger charge is -2.17.